The molecule has 4 nitrogen and oxygen atoms in total. The fourth-order valence-corrected chi connectivity index (χ4v) is 4.04. The van der Waals surface area contributed by atoms with Crippen LogP contribution in [0.15, 0.2) is 35.7 Å². The first kappa shape index (κ1) is 17.1. The lowest BCUT2D eigenvalue weighted by atomic mass is 10.1. The van der Waals surface area contributed by atoms with Gasteiger partial charge in [0.15, 0.2) is 5.16 Å². The number of rotatable bonds is 5. The highest BCUT2D eigenvalue weighted by Gasteiger charge is 2.22. The van der Waals surface area contributed by atoms with Crippen LogP contribution in [0.25, 0.3) is 5.69 Å². The van der Waals surface area contributed by atoms with Crippen LogP contribution in [-0.2, 0) is 4.79 Å². The molecular formula is C19H25N3OS. The highest BCUT2D eigenvalue weighted by atomic mass is 32.2. The van der Waals surface area contributed by atoms with Crippen LogP contribution in [-0.4, -0.2) is 26.8 Å². The topological polar surface area (TPSA) is 46.9 Å². The van der Waals surface area contributed by atoms with Gasteiger partial charge in [-0.25, -0.2) is 4.98 Å². The fourth-order valence-electron chi connectivity index (χ4n) is 3.16. The maximum Gasteiger partial charge on any atom is 0.233 e. The molecule has 5 heteroatoms. The number of aromatic nitrogens is 2. The van der Waals surface area contributed by atoms with Crippen molar-refractivity contribution < 1.29 is 4.79 Å². The summed E-state index contributed by atoms with van der Waals surface area (Å²) in [5.41, 5.74) is 3.61. The van der Waals surface area contributed by atoms with E-state index in [-0.39, 0.29) is 11.2 Å². The fraction of sp³-hybridized carbons (Fsp3) is 0.474. The van der Waals surface area contributed by atoms with Crippen molar-refractivity contribution in [2.45, 2.75) is 62.9 Å². The van der Waals surface area contributed by atoms with Crippen molar-refractivity contribution in [1.29, 1.82) is 0 Å². The number of carbonyl (C=O) groups is 1. The summed E-state index contributed by atoms with van der Waals surface area (Å²) in [6, 6.07) is 6.62. The molecule has 1 N–H and O–H groups in total. The first-order chi connectivity index (χ1) is 11.6. The molecule has 2 aromatic rings. The summed E-state index contributed by atoms with van der Waals surface area (Å²) < 4.78 is 2.08. The summed E-state index contributed by atoms with van der Waals surface area (Å²) in [4.78, 5) is 16.9. The second kappa shape index (κ2) is 7.43. The Balaban J connectivity index is 1.73. The smallest absolute Gasteiger partial charge is 0.233 e. The number of aryl methyl sites for hydroxylation is 1. The Bertz CT molecular complexity index is 719. The van der Waals surface area contributed by atoms with Crippen molar-refractivity contribution in [2.75, 3.05) is 0 Å². The molecule has 0 saturated heterocycles. The normalized spacial score (nSPS) is 16.3. The second-order valence-electron chi connectivity index (χ2n) is 6.55. The number of thioether (sulfide) groups is 1. The number of nitrogens with one attached hydrogen (secondary N) is 1. The van der Waals surface area contributed by atoms with E-state index in [1.807, 2.05) is 13.1 Å². The molecule has 3 rings (SSSR count). The average Bonchev–Trinajstić information content (AvgIpc) is 3.22. The molecule has 1 saturated carbocycles. The average molecular weight is 343 g/mol. The number of hydrogen-bond donors (Lipinski definition) is 1. The van der Waals surface area contributed by atoms with Crippen LogP contribution in [0.2, 0.25) is 0 Å². The molecule has 1 amide bonds. The van der Waals surface area contributed by atoms with E-state index in [2.05, 4.69) is 46.9 Å². The molecule has 128 valence electrons. The minimum absolute atomic E-state index is 0.113. The molecule has 1 atom stereocenters. The molecule has 1 aliphatic rings. The molecule has 0 bridgehead atoms. The quantitative estimate of drug-likeness (QED) is 0.834. The first-order valence-electron chi connectivity index (χ1n) is 8.63. The molecule has 0 aliphatic heterocycles. The van der Waals surface area contributed by atoms with E-state index >= 15 is 0 Å². The third-order valence-electron chi connectivity index (χ3n) is 4.80. The zero-order valence-corrected chi connectivity index (χ0v) is 15.4. The number of benzene rings is 1. The highest BCUT2D eigenvalue weighted by Crippen LogP contribution is 2.27. The van der Waals surface area contributed by atoms with E-state index in [0.29, 0.717) is 6.04 Å². The van der Waals surface area contributed by atoms with Gasteiger partial charge in [-0.2, -0.15) is 0 Å². The summed E-state index contributed by atoms with van der Waals surface area (Å²) in [6.45, 7) is 6.19. The minimum Gasteiger partial charge on any atom is -0.352 e. The van der Waals surface area contributed by atoms with Gasteiger partial charge >= 0.3 is 0 Å². The summed E-state index contributed by atoms with van der Waals surface area (Å²) in [5, 5.41) is 3.88. The Labute approximate surface area is 148 Å². The van der Waals surface area contributed by atoms with Gasteiger partial charge in [0.1, 0.15) is 0 Å². The van der Waals surface area contributed by atoms with E-state index in [0.717, 1.165) is 23.7 Å². The summed E-state index contributed by atoms with van der Waals surface area (Å²) in [7, 11) is 0. The summed E-state index contributed by atoms with van der Waals surface area (Å²) >= 11 is 1.52. The molecule has 1 unspecified atom stereocenters. The molecular weight excluding hydrogens is 318 g/mol. The monoisotopic (exact) mass is 343 g/mol. The number of carbonyl (C=O) groups excluding carboxylic acids is 1. The molecule has 0 radical (unpaired) electrons. The van der Waals surface area contributed by atoms with Gasteiger partial charge in [-0.05, 0) is 50.8 Å². The van der Waals surface area contributed by atoms with Gasteiger partial charge in [0.2, 0.25) is 5.91 Å². The van der Waals surface area contributed by atoms with Gasteiger partial charge in [-0.1, -0.05) is 36.7 Å². The van der Waals surface area contributed by atoms with Gasteiger partial charge in [0.25, 0.3) is 0 Å². The number of amides is 1. The van der Waals surface area contributed by atoms with Crippen molar-refractivity contribution in [1.82, 2.24) is 14.9 Å². The highest BCUT2D eigenvalue weighted by molar-refractivity contribution is 8.00. The van der Waals surface area contributed by atoms with Crippen LogP contribution in [0.5, 0.6) is 0 Å². The van der Waals surface area contributed by atoms with Crippen molar-refractivity contribution in [3.63, 3.8) is 0 Å². The Morgan fingerprint density at radius 3 is 2.83 bits per heavy atom. The lowest BCUT2D eigenvalue weighted by Gasteiger charge is -2.17. The molecule has 1 aromatic carbocycles. The Morgan fingerprint density at radius 1 is 1.33 bits per heavy atom. The summed E-state index contributed by atoms with van der Waals surface area (Å²) in [6.07, 6.45) is 8.44. The zero-order valence-electron chi connectivity index (χ0n) is 14.6. The largest absolute Gasteiger partial charge is 0.352 e. The molecule has 1 aliphatic carbocycles. The van der Waals surface area contributed by atoms with Gasteiger partial charge < -0.3 is 5.32 Å². The van der Waals surface area contributed by atoms with Crippen LogP contribution in [0.4, 0.5) is 0 Å². The molecule has 1 heterocycles. The standard InChI is InChI=1S/C19H25N3OS/c1-13-7-6-10-17(14(13)2)22-12-11-20-19(22)24-15(3)18(23)21-16-8-4-5-9-16/h6-7,10-12,15-16H,4-5,8-9H2,1-3H3,(H,21,23). The third-order valence-corrected chi connectivity index (χ3v) is 5.88. The Morgan fingerprint density at radius 2 is 2.08 bits per heavy atom. The van der Waals surface area contributed by atoms with Gasteiger partial charge in [0, 0.05) is 18.4 Å². The van der Waals surface area contributed by atoms with Crippen molar-refractivity contribution in [2.24, 2.45) is 0 Å². The van der Waals surface area contributed by atoms with Crippen LogP contribution in [0, 0.1) is 13.8 Å². The molecule has 1 aromatic heterocycles. The maximum absolute atomic E-state index is 12.4. The van der Waals surface area contributed by atoms with Gasteiger partial charge in [-0.15, -0.1) is 0 Å². The number of imidazole rings is 1. The van der Waals surface area contributed by atoms with Gasteiger partial charge in [0.05, 0.1) is 10.9 Å². The van der Waals surface area contributed by atoms with Crippen LogP contribution in [0.1, 0.15) is 43.7 Å². The second-order valence-corrected chi connectivity index (χ2v) is 7.86. The predicted octanol–water partition coefficient (Wildman–Crippen LogP) is 4.03. The van der Waals surface area contributed by atoms with Crippen molar-refractivity contribution in [3.8, 4) is 5.69 Å². The van der Waals surface area contributed by atoms with Crippen LogP contribution < -0.4 is 5.32 Å². The van der Waals surface area contributed by atoms with E-state index in [4.69, 9.17) is 0 Å². The Kier molecular flexibility index (Phi) is 5.29. The first-order valence-corrected chi connectivity index (χ1v) is 9.51. The Hall–Kier alpha value is -1.75. The van der Waals surface area contributed by atoms with Crippen molar-refractivity contribution in [3.05, 3.63) is 41.7 Å². The molecule has 0 spiro atoms. The van der Waals surface area contributed by atoms with Crippen molar-refractivity contribution >= 4 is 17.7 Å². The van der Waals surface area contributed by atoms with E-state index in [9.17, 15) is 4.79 Å². The maximum atomic E-state index is 12.4. The lowest BCUT2D eigenvalue weighted by Crippen LogP contribution is -2.37. The number of hydrogen-bond acceptors (Lipinski definition) is 3. The minimum atomic E-state index is -0.156. The summed E-state index contributed by atoms with van der Waals surface area (Å²) in [5.74, 6) is 0.113. The molecule has 1 fully saturated rings. The number of nitrogens with zero attached hydrogens (tertiary/aromatic N) is 2. The predicted molar refractivity (Wildman–Crippen MR) is 98.8 cm³/mol. The van der Waals surface area contributed by atoms with E-state index < -0.39 is 0 Å². The lowest BCUT2D eigenvalue weighted by molar-refractivity contribution is -0.120. The van der Waals surface area contributed by atoms with Gasteiger partial charge in [-0.3, -0.25) is 9.36 Å². The SMILES string of the molecule is Cc1cccc(-n2ccnc2SC(C)C(=O)NC2CCCC2)c1C. The molecule has 24 heavy (non-hydrogen) atoms. The zero-order chi connectivity index (χ0) is 17.1. The van der Waals surface area contributed by atoms with Crippen LogP contribution >= 0.6 is 11.8 Å². The van der Waals surface area contributed by atoms with Crippen LogP contribution in [0.3, 0.4) is 0 Å². The van der Waals surface area contributed by atoms with E-state index in [1.165, 1.54) is 35.7 Å². The van der Waals surface area contributed by atoms with E-state index in [1.54, 1.807) is 6.20 Å². The third kappa shape index (κ3) is 3.66.